The Labute approximate surface area is 92.5 Å². The van der Waals surface area contributed by atoms with Crippen molar-refractivity contribution >= 4 is 0 Å². The van der Waals surface area contributed by atoms with Gasteiger partial charge in [-0.2, -0.15) is 0 Å². The lowest BCUT2D eigenvalue weighted by atomic mass is 9.98. The monoisotopic (exact) mass is 201 g/mol. The van der Waals surface area contributed by atoms with Crippen LogP contribution in [0, 0.1) is 0 Å². The topological polar surface area (TPSA) is 12.0 Å². The van der Waals surface area contributed by atoms with Gasteiger partial charge in [-0.1, -0.05) is 48.6 Å². The summed E-state index contributed by atoms with van der Waals surface area (Å²) in [7, 11) is 1.99. The lowest BCUT2D eigenvalue weighted by Crippen LogP contribution is -2.17. The molecule has 0 aliphatic rings. The number of rotatable bonds is 4. The molecule has 0 fully saturated rings. The molecule has 0 heterocycles. The van der Waals surface area contributed by atoms with E-state index in [1.807, 2.05) is 20.0 Å². The summed E-state index contributed by atoms with van der Waals surface area (Å²) in [4.78, 5) is 0. The predicted octanol–water partition coefficient (Wildman–Crippen LogP) is 3.47. The van der Waals surface area contributed by atoms with Crippen molar-refractivity contribution in [2.45, 2.75) is 19.9 Å². The van der Waals surface area contributed by atoms with Gasteiger partial charge in [0, 0.05) is 0 Å². The molecule has 1 heteroatoms. The van der Waals surface area contributed by atoms with Gasteiger partial charge in [0.05, 0.1) is 6.04 Å². The SMILES string of the molecule is C/C=C\C(=C/C)C(NC)c1ccccc1. The number of benzene rings is 1. The summed E-state index contributed by atoms with van der Waals surface area (Å²) < 4.78 is 0. The Morgan fingerprint density at radius 3 is 2.33 bits per heavy atom. The minimum Gasteiger partial charge on any atom is -0.309 e. The molecule has 0 saturated heterocycles. The maximum Gasteiger partial charge on any atom is 0.0570 e. The molecule has 0 aromatic heterocycles. The van der Waals surface area contributed by atoms with Gasteiger partial charge >= 0.3 is 0 Å². The fourth-order valence-electron chi connectivity index (χ4n) is 1.72. The largest absolute Gasteiger partial charge is 0.309 e. The molecule has 1 nitrogen and oxygen atoms in total. The molecular formula is C14H19N. The number of likely N-dealkylation sites (N-methyl/N-ethyl adjacent to an activating group) is 1. The minimum atomic E-state index is 0.285. The summed E-state index contributed by atoms with van der Waals surface area (Å²) in [6.07, 6.45) is 6.37. The predicted molar refractivity (Wildman–Crippen MR) is 66.8 cm³/mol. The molecular weight excluding hydrogens is 182 g/mol. The first-order chi connectivity index (χ1) is 7.33. The van der Waals surface area contributed by atoms with Crippen molar-refractivity contribution in [1.29, 1.82) is 0 Å². The molecule has 1 rings (SSSR count). The van der Waals surface area contributed by atoms with Crippen LogP contribution in [0.25, 0.3) is 0 Å². The van der Waals surface area contributed by atoms with Gasteiger partial charge in [-0.3, -0.25) is 0 Å². The maximum atomic E-state index is 3.33. The normalized spacial score (nSPS) is 14.5. The number of hydrogen-bond acceptors (Lipinski definition) is 1. The Balaban J connectivity index is 2.98. The first kappa shape index (κ1) is 11.7. The van der Waals surface area contributed by atoms with Crippen LogP contribution in [0.4, 0.5) is 0 Å². The fourth-order valence-corrected chi connectivity index (χ4v) is 1.72. The molecule has 1 N–H and O–H groups in total. The number of allylic oxidation sites excluding steroid dienone is 2. The molecule has 1 aromatic carbocycles. The van der Waals surface area contributed by atoms with Crippen molar-refractivity contribution in [1.82, 2.24) is 5.32 Å². The van der Waals surface area contributed by atoms with Crippen LogP contribution in [-0.2, 0) is 0 Å². The zero-order valence-corrected chi connectivity index (χ0v) is 9.70. The quantitative estimate of drug-likeness (QED) is 0.735. The van der Waals surface area contributed by atoms with Crippen molar-refractivity contribution in [2.24, 2.45) is 0 Å². The maximum absolute atomic E-state index is 3.33. The Morgan fingerprint density at radius 1 is 1.20 bits per heavy atom. The van der Waals surface area contributed by atoms with Gasteiger partial charge < -0.3 is 5.32 Å². The zero-order chi connectivity index (χ0) is 11.1. The standard InChI is InChI=1S/C14H19N/c1-4-9-12(5-2)14(15-3)13-10-7-6-8-11-13/h4-11,14-15H,1-3H3/b9-4-,12-5+. The molecule has 0 aliphatic carbocycles. The van der Waals surface area contributed by atoms with Crippen LogP contribution in [0.2, 0.25) is 0 Å². The van der Waals surface area contributed by atoms with Crippen molar-refractivity contribution in [3.63, 3.8) is 0 Å². The van der Waals surface area contributed by atoms with Crippen molar-refractivity contribution in [2.75, 3.05) is 7.05 Å². The lowest BCUT2D eigenvalue weighted by molar-refractivity contribution is 0.689. The van der Waals surface area contributed by atoms with Crippen LogP contribution in [-0.4, -0.2) is 7.05 Å². The zero-order valence-electron chi connectivity index (χ0n) is 9.70. The molecule has 0 bridgehead atoms. The van der Waals surface area contributed by atoms with E-state index in [9.17, 15) is 0 Å². The van der Waals surface area contributed by atoms with E-state index in [1.165, 1.54) is 11.1 Å². The number of hydrogen-bond donors (Lipinski definition) is 1. The van der Waals surface area contributed by atoms with Gasteiger partial charge in [0.15, 0.2) is 0 Å². The van der Waals surface area contributed by atoms with Gasteiger partial charge in [0.2, 0.25) is 0 Å². The highest BCUT2D eigenvalue weighted by atomic mass is 14.9. The van der Waals surface area contributed by atoms with Crippen LogP contribution in [0.1, 0.15) is 25.5 Å². The van der Waals surface area contributed by atoms with Crippen molar-refractivity contribution < 1.29 is 0 Å². The molecule has 0 amide bonds. The molecule has 0 radical (unpaired) electrons. The van der Waals surface area contributed by atoms with E-state index in [4.69, 9.17) is 0 Å². The van der Waals surface area contributed by atoms with E-state index in [1.54, 1.807) is 0 Å². The lowest BCUT2D eigenvalue weighted by Gasteiger charge is -2.17. The van der Waals surface area contributed by atoms with E-state index in [0.29, 0.717) is 0 Å². The van der Waals surface area contributed by atoms with Gasteiger partial charge in [-0.05, 0) is 32.0 Å². The van der Waals surface area contributed by atoms with E-state index in [-0.39, 0.29) is 6.04 Å². The third kappa shape index (κ3) is 3.07. The Morgan fingerprint density at radius 2 is 1.87 bits per heavy atom. The summed E-state index contributed by atoms with van der Waals surface area (Å²) in [5.41, 5.74) is 2.59. The third-order valence-corrected chi connectivity index (χ3v) is 2.45. The summed E-state index contributed by atoms with van der Waals surface area (Å²) in [6, 6.07) is 10.8. The van der Waals surface area contributed by atoms with Crippen LogP contribution in [0.5, 0.6) is 0 Å². The molecule has 15 heavy (non-hydrogen) atoms. The van der Waals surface area contributed by atoms with E-state index in [0.717, 1.165) is 0 Å². The second kappa shape index (κ2) is 6.20. The van der Waals surface area contributed by atoms with Crippen molar-refractivity contribution in [3.8, 4) is 0 Å². The summed E-state index contributed by atoms with van der Waals surface area (Å²) >= 11 is 0. The summed E-state index contributed by atoms with van der Waals surface area (Å²) in [5.74, 6) is 0. The fraction of sp³-hybridized carbons (Fsp3) is 0.286. The van der Waals surface area contributed by atoms with Crippen LogP contribution >= 0.6 is 0 Å². The Hall–Kier alpha value is -1.34. The first-order valence-corrected chi connectivity index (χ1v) is 5.34. The van der Waals surface area contributed by atoms with Crippen LogP contribution in [0.15, 0.2) is 54.1 Å². The second-order valence-corrected chi connectivity index (χ2v) is 3.42. The first-order valence-electron chi connectivity index (χ1n) is 5.34. The van der Waals surface area contributed by atoms with Gasteiger partial charge in [0.25, 0.3) is 0 Å². The van der Waals surface area contributed by atoms with Gasteiger partial charge in [-0.15, -0.1) is 0 Å². The average molecular weight is 201 g/mol. The average Bonchev–Trinajstić information content (AvgIpc) is 2.30. The van der Waals surface area contributed by atoms with E-state index < -0.39 is 0 Å². The van der Waals surface area contributed by atoms with E-state index in [2.05, 4.69) is 54.7 Å². The number of nitrogens with one attached hydrogen (secondary N) is 1. The molecule has 1 aromatic rings. The molecule has 0 saturated carbocycles. The van der Waals surface area contributed by atoms with Crippen LogP contribution in [0.3, 0.4) is 0 Å². The molecule has 0 aliphatic heterocycles. The third-order valence-electron chi connectivity index (χ3n) is 2.45. The molecule has 1 unspecified atom stereocenters. The van der Waals surface area contributed by atoms with Crippen LogP contribution < -0.4 is 5.32 Å². The highest BCUT2D eigenvalue weighted by Crippen LogP contribution is 2.21. The Kier molecular flexibility index (Phi) is 4.85. The summed E-state index contributed by atoms with van der Waals surface area (Å²) in [6.45, 7) is 4.11. The highest BCUT2D eigenvalue weighted by molar-refractivity contribution is 5.33. The van der Waals surface area contributed by atoms with E-state index >= 15 is 0 Å². The molecule has 80 valence electrons. The van der Waals surface area contributed by atoms with Gasteiger partial charge in [0.1, 0.15) is 0 Å². The Bertz CT molecular complexity index is 336. The smallest absolute Gasteiger partial charge is 0.0570 e. The van der Waals surface area contributed by atoms with Crippen molar-refractivity contribution in [3.05, 3.63) is 59.7 Å². The molecule has 0 spiro atoms. The highest BCUT2D eigenvalue weighted by Gasteiger charge is 2.10. The second-order valence-electron chi connectivity index (χ2n) is 3.42. The summed E-state index contributed by atoms with van der Waals surface area (Å²) in [5, 5.41) is 3.33. The van der Waals surface area contributed by atoms with Gasteiger partial charge in [-0.25, -0.2) is 0 Å². The minimum absolute atomic E-state index is 0.285. The molecule has 1 atom stereocenters.